The summed E-state index contributed by atoms with van der Waals surface area (Å²) in [6.45, 7) is 0. The van der Waals surface area contributed by atoms with Crippen molar-refractivity contribution in [1.29, 1.82) is 0 Å². The van der Waals surface area contributed by atoms with E-state index in [9.17, 15) is 33.9 Å². The van der Waals surface area contributed by atoms with Crippen molar-refractivity contribution < 1.29 is 44.1 Å². The summed E-state index contributed by atoms with van der Waals surface area (Å²) in [5.41, 5.74) is 6.41. The van der Waals surface area contributed by atoms with E-state index >= 15 is 0 Å². The van der Waals surface area contributed by atoms with Crippen LogP contribution in [-0.2, 0) is 35.2 Å². The SMILES string of the molecule is NC(CCC(=O)O)C(=O)NC(Cc1ccccc1)C(=O)NC(CS)C(=O)NC(CCC(=O)O)C(=O)O. The standard InChI is InChI=1S/C22H30N4O9S/c23-13(6-8-17(27)28)19(31)25-15(10-12-4-2-1-3-5-12)20(32)26-16(11-36)21(33)24-14(22(34)35)7-9-18(29)30/h1-5,13-16,36H,6-11,23H2,(H,24,33)(H,25,31)(H,26,32)(H,27,28)(H,29,30)(H,34,35). The third-order valence-electron chi connectivity index (χ3n) is 5.00. The Labute approximate surface area is 212 Å². The highest BCUT2D eigenvalue weighted by Crippen LogP contribution is 2.06. The summed E-state index contributed by atoms with van der Waals surface area (Å²) in [7, 11) is 0. The highest BCUT2D eigenvalue weighted by atomic mass is 32.1. The van der Waals surface area contributed by atoms with Crippen LogP contribution >= 0.6 is 12.6 Å². The first-order valence-corrected chi connectivity index (χ1v) is 11.6. The van der Waals surface area contributed by atoms with E-state index in [2.05, 4.69) is 28.6 Å². The molecule has 0 aromatic heterocycles. The van der Waals surface area contributed by atoms with Gasteiger partial charge in [0.1, 0.15) is 18.1 Å². The number of hydrogen-bond acceptors (Lipinski definition) is 8. The Morgan fingerprint density at radius 2 is 1.25 bits per heavy atom. The number of amides is 3. The Hall–Kier alpha value is -3.65. The zero-order valence-electron chi connectivity index (χ0n) is 19.3. The molecule has 0 aliphatic heterocycles. The van der Waals surface area contributed by atoms with Gasteiger partial charge < -0.3 is 37.0 Å². The first-order valence-electron chi connectivity index (χ1n) is 10.9. The molecule has 0 radical (unpaired) electrons. The maximum atomic E-state index is 13.0. The molecule has 13 nitrogen and oxygen atoms in total. The summed E-state index contributed by atoms with van der Waals surface area (Å²) in [6, 6.07) is 3.41. The zero-order chi connectivity index (χ0) is 27.3. The molecule has 8 N–H and O–H groups in total. The number of nitrogens with two attached hydrogens (primary N) is 1. The molecule has 0 aliphatic carbocycles. The van der Waals surface area contributed by atoms with Gasteiger partial charge in [-0.1, -0.05) is 30.3 Å². The number of carbonyl (C=O) groups excluding carboxylic acids is 3. The maximum absolute atomic E-state index is 13.0. The fraction of sp³-hybridized carbons (Fsp3) is 0.455. The molecule has 36 heavy (non-hydrogen) atoms. The van der Waals surface area contributed by atoms with Gasteiger partial charge in [0.05, 0.1) is 6.04 Å². The number of rotatable bonds is 16. The van der Waals surface area contributed by atoms with Crippen molar-refractivity contribution in [2.45, 2.75) is 56.3 Å². The maximum Gasteiger partial charge on any atom is 0.326 e. The van der Waals surface area contributed by atoms with Gasteiger partial charge in [-0.05, 0) is 18.4 Å². The summed E-state index contributed by atoms with van der Waals surface area (Å²) >= 11 is 4.03. The van der Waals surface area contributed by atoms with E-state index in [1.54, 1.807) is 30.3 Å². The van der Waals surface area contributed by atoms with E-state index in [1.165, 1.54) is 0 Å². The average Bonchev–Trinajstić information content (AvgIpc) is 2.82. The van der Waals surface area contributed by atoms with Crippen molar-refractivity contribution in [2.75, 3.05) is 5.75 Å². The van der Waals surface area contributed by atoms with Gasteiger partial charge in [0.25, 0.3) is 0 Å². The number of nitrogens with one attached hydrogen (secondary N) is 3. The molecule has 198 valence electrons. The fourth-order valence-corrected chi connectivity index (χ4v) is 3.27. The molecule has 4 atom stereocenters. The first-order chi connectivity index (χ1) is 16.9. The van der Waals surface area contributed by atoms with Crippen LogP contribution in [-0.4, -0.2) is 80.9 Å². The van der Waals surface area contributed by atoms with Gasteiger partial charge in [-0.25, -0.2) is 4.79 Å². The summed E-state index contributed by atoms with van der Waals surface area (Å²) in [5, 5.41) is 33.8. The second-order valence-corrected chi connectivity index (χ2v) is 8.23. The van der Waals surface area contributed by atoms with Gasteiger partial charge in [0, 0.05) is 25.0 Å². The lowest BCUT2D eigenvalue weighted by atomic mass is 10.0. The highest BCUT2D eigenvalue weighted by molar-refractivity contribution is 7.80. The molecular weight excluding hydrogens is 496 g/mol. The Bertz CT molecular complexity index is 945. The van der Waals surface area contributed by atoms with E-state index in [-0.39, 0.29) is 31.4 Å². The topological polar surface area (TPSA) is 225 Å². The van der Waals surface area contributed by atoms with Crippen molar-refractivity contribution >= 4 is 48.3 Å². The quantitative estimate of drug-likeness (QED) is 0.119. The van der Waals surface area contributed by atoms with E-state index in [4.69, 9.17) is 15.9 Å². The van der Waals surface area contributed by atoms with Crippen LogP contribution in [0.1, 0.15) is 31.2 Å². The second kappa shape index (κ2) is 15.4. The van der Waals surface area contributed by atoms with Crippen molar-refractivity contribution in [1.82, 2.24) is 16.0 Å². The predicted molar refractivity (Wildman–Crippen MR) is 129 cm³/mol. The monoisotopic (exact) mass is 526 g/mol. The number of benzene rings is 1. The van der Waals surface area contributed by atoms with Gasteiger partial charge in [-0.3, -0.25) is 24.0 Å². The van der Waals surface area contributed by atoms with Crippen molar-refractivity contribution in [3.05, 3.63) is 35.9 Å². The fourth-order valence-electron chi connectivity index (χ4n) is 3.01. The van der Waals surface area contributed by atoms with Crippen LogP contribution in [0.15, 0.2) is 30.3 Å². The van der Waals surface area contributed by atoms with Gasteiger partial charge in [-0.15, -0.1) is 0 Å². The summed E-state index contributed by atoms with van der Waals surface area (Å²) in [5.74, 6) is -6.51. The molecule has 1 aromatic carbocycles. The van der Waals surface area contributed by atoms with Crippen molar-refractivity contribution in [3.8, 4) is 0 Å². The third-order valence-corrected chi connectivity index (χ3v) is 5.36. The van der Waals surface area contributed by atoms with Crippen LogP contribution in [0.4, 0.5) is 0 Å². The van der Waals surface area contributed by atoms with Gasteiger partial charge in [-0.2, -0.15) is 12.6 Å². The number of thiol groups is 1. The van der Waals surface area contributed by atoms with Gasteiger partial charge in [0.15, 0.2) is 0 Å². The number of carboxylic acid groups (broad SMARTS) is 3. The predicted octanol–water partition coefficient (Wildman–Crippen LogP) is -1.25. The number of carboxylic acids is 3. The minimum atomic E-state index is -1.50. The molecule has 0 aliphatic rings. The van der Waals surface area contributed by atoms with Crippen LogP contribution in [0.3, 0.4) is 0 Å². The normalized spacial score (nSPS) is 13.9. The van der Waals surface area contributed by atoms with Crippen molar-refractivity contribution in [2.24, 2.45) is 5.73 Å². The smallest absolute Gasteiger partial charge is 0.326 e. The van der Waals surface area contributed by atoms with Crippen LogP contribution in [0.25, 0.3) is 0 Å². The van der Waals surface area contributed by atoms with Crippen molar-refractivity contribution in [3.63, 3.8) is 0 Å². The lowest BCUT2D eigenvalue weighted by molar-refractivity contribution is -0.143. The number of hydrogen-bond donors (Lipinski definition) is 8. The molecule has 1 rings (SSSR count). The number of aliphatic carboxylic acids is 3. The highest BCUT2D eigenvalue weighted by Gasteiger charge is 2.30. The minimum absolute atomic E-state index is 0.0152. The zero-order valence-corrected chi connectivity index (χ0v) is 20.1. The van der Waals surface area contributed by atoms with Crippen LogP contribution in [0.2, 0.25) is 0 Å². The largest absolute Gasteiger partial charge is 0.481 e. The third kappa shape index (κ3) is 11.2. The lowest BCUT2D eigenvalue weighted by Gasteiger charge is -2.24. The number of carbonyl (C=O) groups is 6. The van der Waals surface area contributed by atoms with E-state index in [0.717, 1.165) is 0 Å². The van der Waals surface area contributed by atoms with E-state index in [1.807, 2.05) is 0 Å². The first kappa shape index (κ1) is 30.4. The Morgan fingerprint density at radius 3 is 1.78 bits per heavy atom. The van der Waals surface area contributed by atoms with Gasteiger partial charge in [0.2, 0.25) is 17.7 Å². The lowest BCUT2D eigenvalue weighted by Crippen LogP contribution is -2.58. The molecule has 0 saturated carbocycles. The van der Waals surface area contributed by atoms with Crippen LogP contribution in [0, 0.1) is 0 Å². The minimum Gasteiger partial charge on any atom is -0.481 e. The molecule has 0 fully saturated rings. The molecular formula is C22H30N4O9S. The molecule has 0 spiro atoms. The Kier molecular flexibility index (Phi) is 13.0. The molecule has 1 aromatic rings. The molecule has 4 unspecified atom stereocenters. The van der Waals surface area contributed by atoms with Crippen LogP contribution in [0.5, 0.6) is 0 Å². The summed E-state index contributed by atoms with van der Waals surface area (Å²) in [6.07, 6.45) is -1.36. The molecule has 0 heterocycles. The Balaban J connectivity index is 2.96. The Morgan fingerprint density at radius 1 is 0.750 bits per heavy atom. The molecule has 3 amide bonds. The van der Waals surface area contributed by atoms with E-state index in [0.29, 0.717) is 5.56 Å². The summed E-state index contributed by atoms with van der Waals surface area (Å²) < 4.78 is 0. The van der Waals surface area contributed by atoms with Gasteiger partial charge >= 0.3 is 17.9 Å². The molecule has 0 saturated heterocycles. The molecule has 14 heteroatoms. The molecule has 0 bridgehead atoms. The average molecular weight is 527 g/mol. The second-order valence-electron chi connectivity index (χ2n) is 7.87. The van der Waals surface area contributed by atoms with Crippen LogP contribution < -0.4 is 21.7 Å². The summed E-state index contributed by atoms with van der Waals surface area (Å²) in [4.78, 5) is 70.9. The van der Waals surface area contributed by atoms with E-state index < -0.39 is 66.2 Å².